The molecule has 0 aromatic carbocycles. The average molecular weight is 342 g/mol. The van der Waals surface area contributed by atoms with Crippen molar-refractivity contribution < 1.29 is 14.2 Å². The lowest BCUT2D eigenvalue weighted by Crippen LogP contribution is -2.45. The second-order valence-corrected chi connectivity index (χ2v) is 9.63. The molecule has 3 fully saturated rings. The molecule has 0 N–H and O–H groups in total. The summed E-state index contributed by atoms with van der Waals surface area (Å²) in [5, 5.41) is 0. The molecule has 5 atom stereocenters. The molecule has 3 nitrogen and oxygen atoms in total. The fourth-order valence-corrected chi connectivity index (χ4v) is 7.64. The van der Waals surface area contributed by atoms with E-state index in [0.29, 0.717) is 5.41 Å². The third kappa shape index (κ3) is 1.78. The molecular weight excluding hydrogens is 312 g/mol. The third-order valence-corrected chi connectivity index (χ3v) is 8.95. The monoisotopic (exact) mass is 342 g/mol. The van der Waals surface area contributed by atoms with Crippen molar-refractivity contribution in [3.8, 4) is 0 Å². The Labute approximate surface area is 150 Å². The van der Waals surface area contributed by atoms with Crippen LogP contribution in [0.4, 0.5) is 0 Å². The van der Waals surface area contributed by atoms with Gasteiger partial charge in [-0.05, 0) is 67.4 Å². The largest absolute Gasteiger partial charge is 0.377 e. The quantitative estimate of drug-likeness (QED) is 0.708. The van der Waals surface area contributed by atoms with Gasteiger partial charge in [0.25, 0.3) is 0 Å². The molecule has 6 aliphatic rings. The van der Waals surface area contributed by atoms with Gasteiger partial charge in [0.05, 0.1) is 18.8 Å². The fraction of sp³-hybridized carbons (Fsp3) is 0.818. The average Bonchev–Trinajstić information content (AvgIpc) is 3.08. The number of hydrogen-bond acceptors (Lipinski definition) is 3. The van der Waals surface area contributed by atoms with E-state index in [1.54, 1.807) is 16.7 Å². The Hall–Kier alpha value is -0.640. The molecule has 25 heavy (non-hydrogen) atoms. The summed E-state index contributed by atoms with van der Waals surface area (Å²) in [5.41, 5.74) is 5.62. The molecule has 5 aliphatic carbocycles. The van der Waals surface area contributed by atoms with Crippen molar-refractivity contribution in [1.82, 2.24) is 0 Å². The Kier molecular flexibility index (Phi) is 2.96. The van der Waals surface area contributed by atoms with Gasteiger partial charge >= 0.3 is 0 Å². The molecule has 6 rings (SSSR count). The molecule has 1 spiro atoms. The summed E-state index contributed by atoms with van der Waals surface area (Å²) in [5.74, 6) is 2.15. The van der Waals surface area contributed by atoms with Gasteiger partial charge in [-0.15, -0.1) is 0 Å². The Bertz CT molecular complexity index is 681. The van der Waals surface area contributed by atoms with Gasteiger partial charge in [-0.3, -0.25) is 0 Å². The van der Waals surface area contributed by atoms with Crippen molar-refractivity contribution >= 4 is 0 Å². The topological polar surface area (TPSA) is 27.7 Å². The number of allylic oxidation sites excluding steroid dienone is 3. The van der Waals surface area contributed by atoms with E-state index in [0.717, 1.165) is 50.2 Å². The zero-order valence-electron chi connectivity index (χ0n) is 15.6. The van der Waals surface area contributed by atoms with E-state index in [4.69, 9.17) is 14.2 Å². The maximum absolute atomic E-state index is 6.12. The number of rotatable bonds is 1. The molecule has 0 bridgehead atoms. The smallest absolute Gasteiger partial charge is 0.172 e. The van der Waals surface area contributed by atoms with Crippen molar-refractivity contribution in [2.24, 2.45) is 23.2 Å². The summed E-state index contributed by atoms with van der Waals surface area (Å²) < 4.78 is 18.1. The van der Waals surface area contributed by atoms with Crippen molar-refractivity contribution in [1.29, 1.82) is 0 Å². The molecular formula is C22H30O3. The van der Waals surface area contributed by atoms with Gasteiger partial charge in [0.2, 0.25) is 0 Å². The molecule has 0 radical (unpaired) electrons. The minimum absolute atomic E-state index is 0.205. The molecule has 0 amide bonds. The summed E-state index contributed by atoms with van der Waals surface area (Å²) in [7, 11) is 1.95. The number of methoxy groups -OCH3 is 1. The Morgan fingerprint density at radius 3 is 2.84 bits per heavy atom. The molecule has 1 aliphatic heterocycles. The highest BCUT2D eigenvalue weighted by Gasteiger charge is 2.74. The zero-order valence-corrected chi connectivity index (χ0v) is 15.6. The minimum atomic E-state index is -0.273. The lowest BCUT2D eigenvalue weighted by Gasteiger charge is -2.50. The second-order valence-electron chi connectivity index (χ2n) is 9.63. The number of ether oxygens (including phenoxy) is 3. The van der Waals surface area contributed by atoms with E-state index in [1.807, 2.05) is 7.11 Å². The van der Waals surface area contributed by atoms with Crippen LogP contribution < -0.4 is 0 Å². The van der Waals surface area contributed by atoms with E-state index in [1.165, 1.54) is 32.1 Å². The molecule has 1 saturated heterocycles. The first-order chi connectivity index (χ1) is 12.1. The highest BCUT2D eigenvalue weighted by atomic mass is 16.7. The van der Waals surface area contributed by atoms with E-state index < -0.39 is 0 Å². The predicted octanol–water partition coefficient (Wildman–Crippen LogP) is 4.38. The van der Waals surface area contributed by atoms with Crippen molar-refractivity contribution in [3.05, 3.63) is 22.8 Å². The lowest BCUT2D eigenvalue weighted by atomic mass is 9.56. The first kappa shape index (κ1) is 15.4. The van der Waals surface area contributed by atoms with Crippen LogP contribution in [-0.2, 0) is 14.2 Å². The van der Waals surface area contributed by atoms with Crippen molar-refractivity contribution in [2.75, 3.05) is 20.3 Å². The molecule has 136 valence electrons. The van der Waals surface area contributed by atoms with Gasteiger partial charge in [-0.2, -0.15) is 0 Å². The Balaban J connectivity index is 1.35. The van der Waals surface area contributed by atoms with Crippen LogP contribution in [0.3, 0.4) is 0 Å². The number of hydrogen-bond donors (Lipinski definition) is 0. The highest BCUT2D eigenvalue weighted by Crippen LogP contribution is 2.74. The highest BCUT2D eigenvalue weighted by molar-refractivity contribution is 5.46. The summed E-state index contributed by atoms with van der Waals surface area (Å²) in [6.07, 6.45) is 12.3. The van der Waals surface area contributed by atoms with Crippen molar-refractivity contribution in [2.45, 2.75) is 69.7 Å². The molecule has 0 unspecified atom stereocenters. The third-order valence-electron chi connectivity index (χ3n) is 8.95. The van der Waals surface area contributed by atoms with Crippen molar-refractivity contribution in [3.63, 3.8) is 0 Å². The van der Waals surface area contributed by atoms with Crippen LogP contribution in [0.2, 0.25) is 0 Å². The van der Waals surface area contributed by atoms with E-state index in [-0.39, 0.29) is 11.4 Å². The van der Waals surface area contributed by atoms with Gasteiger partial charge in [-0.25, -0.2) is 0 Å². The van der Waals surface area contributed by atoms with Gasteiger partial charge in [0.15, 0.2) is 5.79 Å². The maximum Gasteiger partial charge on any atom is 0.172 e. The fourth-order valence-electron chi connectivity index (χ4n) is 7.64. The molecule has 3 heteroatoms. The zero-order chi connectivity index (χ0) is 16.9. The second kappa shape index (κ2) is 4.79. The molecule has 1 heterocycles. The van der Waals surface area contributed by atoms with Gasteiger partial charge < -0.3 is 14.2 Å². The van der Waals surface area contributed by atoms with E-state index in [9.17, 15) is 0 Å². The standard InChI is InChI=1S/C22H30O3/c1-20-7-5-17-16-6-8-21(24-9-10-25-21)12-14(16)3-4-18(17)19(20)11-15-13-22(15,20)23-2/h5,15,18-19H,3-4,6-13H2,1-2H3/t15-,18+,19-,20-,22-/m0/s1. The Morgan fingerprint density at radius 2 is 2.04 bits per heavy atom. The maximum atomic E-state index is 6.12. The summed E-state index contributed by atoms with van der Waals surface area (Å²) in [6, 6.07) is 0. The summed E-state index contributed by atoms with van der Waals surface area (Å²) >= 11 is 0. The summed E-state index contributed by atoms with van der Waals surface area (Å²) in [6.45, 7) is 4.07. The van der Waals surface area contributed by atoms with Crippen LogP contribution in [0.25, 0.3) is 0 Å². The van der Waals surface area contributed by atoms with E-state index >= 15 is 0 Å². The lowest BCUT2D eigenvalue weighted by molar-refractivity contribution is -0.164. The van der Waals surface area contributed by atoms with Crippen LogP contribution in [0.1, 0.15) is 58.3 Å². The first-order valence-corrected chi connectivity index (χ1v) is 10.4. The van der Waals surface area contributed by atoms with E-state index in [2.05, 4.69) is 13.0 Å². The van der Waals surface area contributed by atoms with Crippen LogP contribution in [0, 0.1) is 23.2 Å². The predicted molar refractivity (Wildman–Crippen MR) is 95.0 cm³/mol. The minimum Gasteiger partial charge on any atom is -0.377 e. The van der Waals surface area contributed by atoms with Gasteiger partial charge in [0, 0.05) is 25.4 Å². The Morgan fingerprint density at radius 1 is 1.20 bits per heavy atom. The van der Waals surface area contributed by atoms with Gasteiger partial charge in [0.1, 0.15) is 0 Å². The van der Waals surface area contributed by atoms with Crippen LogP contribution in [-0.4, -0.2) is 31.7 Å². The normalized spacial score (nSPS) is 49.4. The van der Waals surface area contributed by atoms with Crippen LogP contribution in [0.5, 0.6) is 0 Å². The first-order valence-electron chi connectivity index (χ1n) is 10.4. The van der Waals surface area contributed by atoms with Crippen LogP contribution >= 0.6 is 0 Å². The van der Waals surface area contributed by atoms with Crippen LogP contribution in [0.15, 0.2) is 22.8 Å². The SMILES string of the molecule is CO[C@@]12C[C@@H]1C[C@H]1[C@@H]3CCC4=C(CCC5(C4)OCCO5)C3=CC[C@@]12C. The number of fused-ring (bicyclic) bond motifs is 6. The van der Waals surface area contributed by atoms with Gasteiger partial charge in [-0.1, -0.05) is 18.6 Å². The molecule has 0 aromatic heterocycles. The molecule has 2 saturated carbocycles. The summed E-state index contributed by atoms with van der Waals surface area (Å²) in [4.78, 5) is 0. The molecule has 0 aromatic rings.